The Bertz CT molecular complexity index is 706. The minimum absolute atomic E-state index is 0.0435. The first-order valence-electron chi connectivity index (χ1n) is 8.36. The number of nitrogens with zero attached hydrogens (tertiary/aromatic N) is 1. The van der Waals surface area contributed by atoms with E-state index in [1.54, 1.807) is 11.3 Å². The third kappa shape index (κ3) is 3.03. The fraction of sp³-hybridized carbons (Fsp3) is 0.444. The molecule has 1 aliphatic heterocycles. The Hall–Kier alpha value is -1.72. The summed E-state index contributed by atoms with van der Waals surface area (Å²) < 4.78 is 0. The lowest BCUT2D eigenvalue weighted by Crippen LogP contribution is -2.29. The molecule has 1 saturated heterocycles. The van der Waals surface area contributed by atoms with Gasteiger partial charge in [0.15, 0.2) is 0 Å². The molecule has 0 bridgehead atoms. The summed E-state index contributed by atoms with van der Waals surface area (Å²) in [6.45, 7) is 2.07. The quantitative estimate of drug-likeness (QED) is 0.911. The van der Waals surface area contributed by atoms with Gasteiger partial charge in [-0.15, -0.1) is 11.3 Å². The normalized spacial score (nSPS) is 23.5. The number of aryl methyl sites for hydroxylation is 1. The van der Waals surface area contributed by atoms with Crippen LogP contribution in [-0.2, 0) is 6.42 Å². The molecule has 2 aromatic rings. The van der Waals surface area contributed by atoms with Gasteiger partial charge in [0.2, 0.25) is 0 Å². The molecule has 2 heterocycles. The van der Waals surface area contributed by atoms with Crippen LogP contribution >= 0.6 is 11.3 Å². The zero-order valence-corrected chi connectivity index (χ0v) is 13.9. The Labute approximate surface area is 140 Å². The molecule has 1 fully saturated rings. The highest BCUT2D eigenvalue weighted by atomic mass is 32.1. The minimum Gasteiger partial charge on any atom is -0.344 e. The smallest absolute Gasteiger partial charge is 0.271 e. The number of piperidine rings is 1. The van der Waals surface area contributed by atoms with Crippen LogP contribution in [0.4, 0.5) is 0 Å². The molecule has 0 spiro atoms. The van der Waals surface area contributed by atoms with Crippen molar-refractivity contribution in [1.29, 1.82) is 0 Å². The molecular weight excluding hydrogens is 306 g/mol. The number of rotatable bonds is 3. The van der Waals surface area contributed by atoms with Gasteiger partial charge in [0.1, 0.15) is 5.69 Å². The van der Waals surface area contributed by atoms with Crippen LogP contribution in [0.2, 0.25) is 0 Å². The summed E-state index contributed by atoms with van der Waals surface area (Å²) in [6.07, 6.45) is 4.37. The highest BCUT2D eigenvalue weighted by Crippen LogP contribution is 2.31. The van der Waals surface area contributed by atoms with Crippen LogP contribution in [0, 0.1) is 0 Å². The molecule has 2 aliphatic rings. The number of hydrogen-bond donors (Lipinski definition) is 2. The molecule has 2 N–H and O–H groups in total. The van der Waals surface area contributed by atoms with E-state index in [2.05, 4.69) is 33.8 Å². The van der Waals surface area contributed by atoms with E-state index in [0.29, 0.717) is 11.6 Å². The van der Waals surface area contributed by atoms with Crippen molar-refractivity contribution in [1.82, 2.24) is 15.6 Å². The van der Waals surface area contributed by atoms with Gasteiger partial charge in [-0.2, -0.15) is 0 Å². The molecule has 120 valence electrons. The molecular formula is C18H21N3OS. The lowest BCUT2D eigenvalue weighted by molar-refractivity contribution is 0.0932. The monoisotopic (exact) mass is 327 g/mol. The van der Waals surface area contributed by atoms with Crippen molar-refractivity contribution in [3.05, 3.63) is 51.5 Å². The van der Waals surface area contributed by atoms with Crippen LogP contribution in [-0.4, -0.2) is 24.0 Å². The molecule has 0 radical (unpaired) electrons. The van der Waals surface area contributed by atoms with Crippen molar-refractivity contribution in [2.45, 2.75) is 37.6 Å². The van der Waals surface area contributed by atoms with Crippen LogP contribution in [0.25, 0.3) is 0 Å². The number of benzene rings is 1. The van der Waals surface area contributed by atoms with E-state index >= 15 is 0 Å². The molecule has 23 heavy (non-hydrogen) atoms. The van der Waals surface area contributed by atoms with E-state index in [9.17, 15) is 4.79 Å². The number of nitrogens with one attached hydrogen (secondary N) is 2. The van der Waals surface area contributed by atoms with Crippen molar-refractivity contribution < 1.29 is 4.79 Å². The molecule has 1 aliphatic carbocycles. The fourth-order valence-corrected chi connectivity index (χ4v) is 4.52. The van der Waals surface area contributed by atoms with Gasteiger partial charge in [0, 0.05) is 17.8 Å². The summed E-state index contributed by atoms with van der Waals surface area (Å²) in [6, 6.07) is 8.50. The van der Waals surface area contributed by atoms with Gasteiger partial charge in [-0.1, -0.05) is 24.3 Å². The SMILES string of the molecule is O=C(NC1CCc2ccccc21)c1csc(C2CCCNC2)n1. The predicted octanol–water partition coefficient (Wildman–Crippen LogP) is 3.03. The van der Waals surface area contributed by atoms with Crippen LogP contribution in [0.5, 0.6) is 0 Å². The number of hydrogen-bond acceptors (Lipinski definition) is 4. The van der Waals surface area contributed by atoms with E-state index < -0.39 is 0 Å². The van der Waals surface area contributed by atoms with E-state index in [-0.39, 0.29) is 11.9 Å². The largest absolute Gasteiger partial charge is 0.344 e. The molecule has 2 atom stereocenters. The zero-order valence-electron chi connectivity index (χ0n) is 13.0. The summed E-state index contributed by atoms with van der Waals surface area (Å²) in [5.41, 5.74) is 3.18. The maximum atomic E-state index is 12.5. The molecule has 0 saturated carbocycles. The lowest BCUT2D eigenvalue weighted by atomic mass is 10.0. The van der Waals surface area contributed by atoms with E-state index in [0.717, 1.165) is 37.4 Å². The number of carbonyl (C=O) groups is 1. The standard InChI is InChI=1S/C18H21N3OS/c22-17(20-15-8-7-12-4-1-2-6-14(12)15)16-11-23-18(21-16)13-5-3-9-19-10-13/h1-2,4,6,11,13,15,19H,3,5,7-10H2,(H,20,22). The van der Waals surface area contributed by atoms with Crippen LogP contribution < -0.4 is 10.6 Å². The zero-order chi connectivity index (χ0) is 15.6. The summed E-state index contributed by atoms with van der Waals surface area (Å²) in [5.74, 6) is 0.417. The number of fused-ring (bicyclic) bond motifs is 1. The van der Waals surface area contributed by atoms with Crippen molar-refractivity contribution in [3.8, 4) is 0 Å². The average Bonchev–Trinajstić information content (AvgIpc) is 3.24. The maximum Gasteiger partial charge on any atom is 0.271 e. The first-order chi connectivity index (χ1) is 11.3. The Balaban J connectivity index is 1.45. The predicted molar refractivity (Wildman–Crippen MR) is 91.9 cm³/mol. The van der Waals surface area contributed by atoms with Crippen molar-refractivity contribution in [2.24, 2.45) is 0 Å². The van der Waals surface area contributed by atoms with Gasteiger partial charge >= 0.3 is 0 Å². The van der Waals surface area contributed by atoms with Crippen molar-refractivity contribution in [2.75, 3.05) is 13.1 Å². The Kier molecular flexibility index (Phi) is 4.14. The highest BCUT2D eigenvalue weighted by molar-refractivity contribution is 7.09. The average molecular weight is 327 g/mol. The molecule has 2 unspecified atom stereocenters. The molecule has 4 nitrogen and oxygen atoms in total. The lowest BCUT2D eigenvalue weighted by Gasteiger charge is -2.20. The minimum atomic E-state index is -0.0435. The van der Waals surface area contributed by atoms with Crippen molar-refractivity contribution in [3.63, 3.8) is 0 Å². The first kappa shape index (κ1) is 14.8. The summed E-state index contributed by atoms with van der Waals surface area (Å²) in [4.78, 5) is 17.1. The molecule has 1 amide bonds. The van der Waals surface area contributed by atoms with Gasteiger partial charge < -0.3 is 10.6 Å². The molecule has 4 rings (SSSR count). The van der Waals surface area contributed by atoms with Gasteiger partial charge in [0.25, 0.3) is 5.91 Å². The summed E-state index contributed by atoms with van der Waals surface area (Å²) in [5, 5.41) is 9.56. The topological polar surface area (TPSA) is 54.0 Å². The van der Waals surface area contributed by atoms with Crippen LogP contribution in [0.1, 0.15) is 57.8 Å². The second kappa shape index (κ2) is 6.42. The van der Waals surface area contributed by atoms with Crippen molar-refractivity contribution >= 4 is 17.2 Å². The molecule has 1 aromatic carbocycles. The Morgan fingerprint density at radius 1 is 1.30 bits per heavy atom. The second-order valence-electron chi connectivity index (χ2n) is 6.38. The van der Waals surface area contributed by atoms with E-state index in [1.165, 1.54) is 17.5 Å². The first-order valence-corrected chi connectivity index (χ1v) is 9.24. The Morgan fingerprint density at radius 3 is 3.09 bits per heavy atom. The summed E-state index contributed by atoms with van der Waals surface area (Å²) in [7, 11) is 0. The third-order valence-corrected chi connectivity index (χ3v) is 5.85. The summed E-state index contributed by atoms with van der Waals surface area (Å²) >= 11 is 1.62. The van der Waals surface area contributed by atoms with Crippen LogP contribution in [0.15, 0.2) is 29.6 Å². The van der Waals surface area contributed by atoms with E-state index in [1.807, 2.05) is 11.4 Å². The number of aromatic nitrogens is 1. The number of carbonyl (C=O) groups excluding carboxylic acids is 1. The second-order valence-corrected chi connectivity index (χ2v) is 7.27. The Morgan fingerprint density at radius 2 is 2.22 bits per heavy atom. The van der Waals surface area contributed by atoms with Gasteiger partial charge in [-0.25, -0.2) is 4.98 Å². The fourth-order valence-electron chi connectivity index (χ4n) is 3.58. The van der Waals surface area contributed by atoms with Crippen LogP contribution in [0.3, 0.4) is 0 Å². The number of amides is 1. The highest BCUT2D eigenvalue weighted by Gasteiger charge is 2.25. The number of thiazole rings is 1. The maximum absolute atomic E-state index is 12.5. The molecule has 5 heteroatoms. The van der Waals surface area contributed by atoms with Gasteiger partial charge in [0.05, 0.1) is 11.0 Å². The molecule has 1 aromatic heterocycles. The van der Waals surface area contributed by atoms with Gasteiger partial charge in [-0.05, 0) is 43.4 Å². The third-order valence-electron chi connectivity index (χ3n) is 4.84. The van der Waals surface area contributed by atoms with Gasteiger partial charge in [-0.3, -0.25) is 4.79 Å². The van der Waals surface area contributed by atoms with E-state index in [4.69, 9.17) is 0 Å².